The van der Waals surface area contributed by atoms with Crippen molar-refractivity contribution >= 4 is 28.7 Å². The van der Waals surface area contributed by atoms with E-state index in [0.717, 1.165) is 26.9 Å². The maximum atomic E-state index is 12.7. The number of hydrogen-bond donors (Lipinski definition) is 3. The summed E-state index contributed by atoms with van der Waals surface area (Å²) in [4.78, 5) is 41.6. The molecular formula is C24H26N4O4. The van der Waals surface area contributed by atoms with Gasteiger partial charge in [-0.05, 0) is 30.5 Å². The van der Waals surface area contributed by atoms with Gasteiger partial charge in [-0.25, -0.2) is 4.79 Å². The summed E-state index contributed by atoms with van der Waals surface area (Å²) in [6.07, 6.45) is 3.08. The molecule has 1 fully saturated rings. The van der Waals surface area contributed by atoms with E-state index in [1.807, 2.05) is 48.7 Å². The van der Waals surface area contributed by atoms with E-state index in [9.17, 15) is 14.4 Å². The number of urea groups is 1. The predicted octanol–water partition coefficient (Wildman–Crippen LogP) is 2.74. The molecule has 8 nitrogen and oxygen atoms in total. The van der Waals surface area contributed by atoms with Gasteiger partial charge in [0.2, 0.25) is 5.91 Å². The number of H-pyrrole nitrogens is 1. The van der Waals surface area contributed by atoms with Crippen molar-refractivity contribution in [2.24, 2.45) is 0 Å². The van der Waals surface area contributed by atoms with Gasteiger partial charge < -0.3 is 20.4 Å². The molecule has 1 aliphatic heterocycles. The minimum Gasteiger partial charge on any atom is -0.496 e. The van der Waals surface area contributed by atoms with E-state index in [-0.39, 0.29) is 31.2 Å². The lowest BCUT2D eigenvalue weighted by Crippen LogP contribution is -2.33. The lowest BCUT2D eigenvalue weighted by Gasteiger charge is -2.15. The molecule has 0 spiro atoms. The van der Waals surface area contributed by atoms with Gasteiger partial charge in [0.25, 0.3) is 5.91 Å². The maximum Gasteiger partial charge on any atom is 0.325 e. The van der Waals surface area contributed by atoms with Crippen LogP contribution in [0, 0.1) is 0 Å². The van der Waals surface area contributed by atoms with Crippen LogP contribution in [0.25, 0.3) is 10.9 Å². The average molecular weight is 434 g/mol. The molecule has 0 saturated carbocycles. The quantitative estimate of drug-likeness (QED) is 0.451. The number of carbonyl (C=O) groups excluding carboxylic acids is 3. The van der Waals surface area contributed by atoms with Gasteiger partial charge in [-0.3, -0.25) is 14.5 Å². The summed E-state index contributed by atoms with van der Waals surface area (Å²) in [5.74, 6) is 0.147. The highest BCUT2D eigenvalue weighted by Crippen LogP contribution is 2.22. The zero-order chi connectivity index (χ0) is 22.5. The number of nitrogens with zero attached hydrogens (tertiary/aromatic N) is 1. The Morgan fingerprint density at radius 1 is 1.09 bits per heavy atom. The number of methoxy groups -OCH3 is 1. The Morgan fingerprint density at radius 3 is 2.72 bits per heavy atom. The summed E-state index contributed by atoms with van der Waals surface area (Å²) in [5, 5.41) is 6.72. The molecule has 1 unspecified atom stereocenters. The Kier molecular flexibility index (Phi) is 6.39. The third-order valence-electron chi connectivity index (χ3n) is 5.68. The zero-order valence-corrected chi connectivity index (χ0v) is 17.9. The minimum atomic E-state index is -0.698. The largest absolute Gasteiger partial charge is 0.496 e. The maximum absolute atomic E-state index is 12.7. The molecule has 1 atom stereocenters. The van der Waals surface area contributed by atoms with Crippen LogP contribution in [0.15, 0.2) is 54.7 Å². The Morgan fingerprint density at radius 2 is 1.88 bits per heavy atom. The molecule has 1 aliphatic rings. The monoisotopic (exact) mass is 434 g/mol. The molecule has 4 amide bonds. The predicted molar refractivity (Wildman–Crippen MR) is 120 cm³/mol. The highest BCUT2D eigenvalue weighted by Gasteiger charge is 2.38. The third kappa shape index (κ3) is 4.59. The molecule has 0 aliphatic carbocycles. The van der Waals surface area contributed by atoms with Crippen LogP contribution in [0.5, 0.6) is 5.75 Å². The first-order chi connectivity index (χ1) is 15.6. The van der Waals surface area contributed by atoms with Crippen molar-refractivity contribution in [1.29, 1.82) is 0 Å². The van der Waals surface area contributed by atoms with Crippen LogP contribution in [0.4, 0.5) is 4.79 Å². The summed E-state index contributed by atoms with van der Waals surface area (Å²) < 4.78 is 5.30. The second-order valence-electron chi connectivity index (χ2n) is 7.74. The molecule has 3 aromatic rings. The van der Waals surface area contributed by atoms with Crippen LogP contribution in [-0.4, -0.2) is 47.4 Å². The molecule has 3 N–H and O–H groups in total. The number of imide groups is 1. The average Bonchev–Trinajstić information content (AvgIpc) is 3.34. The number of benzene rings is 2. The van der Waals surface area contributed by atoms with E-state index in [1.165, 1.54) is 0 Å². The fraction of sp³-hybridized carbons (Fsp3) is 0.292. The number of carbonyl (C=O) groups is 3. The van der Waals surface area contributed by atoms with Gasteiger partial charge in [0.1, 0.15) is 11.8 Å². The van der Waals surface area contributed by atoms with Gasteiger partial charge in [-0.1, -0.05) is 36.4 Å². The molecule has 166 valence electrons. The Bertz CT molecular complexity index is 1140. The van der Waals surface area contributed by atoms with Crippen LogP contribution >= 0.6 is 0 Å². The van der Waals surface area contributed by atoms with Crippen molar-refractivity contribution in [3.63, 3.8) is 0 Å². The standard InChI is InChI=1S/C24H26N4O4/c1-32-21-9-5-2-6-17(21)15-28-23(30)20(27-24(28)31)10-11-22(29)25-13-12-16-14-26-19-8-4-3-7-18(16)19/h2-9,14,20,26H,10-13,15H2,1H3,(H,25,29)(H,27,31). The van der Waals surface area contributed by atoms with E-state index in [1.54, 1.807) is 13.2 Å². The lowest BCUT2D eigenvalue weighted by molar-refractivity contribution is -0.128. The molecule has 2 heterocycles. The number of hydrogen-bond acceptors (Lipinski definition) is 4. The van der Waals surface area contributed by atoms with E-state index in [2.05, 4.69) is 15.6 Å². The fourth-order valence-corrected chi connectivity index (χ4v) is 3.97. The van der Waals surface area contributed by atoms with Gasteiger partial charge in [0, 0.05) is 35.6 Å². The number of amides is 4. The van der Waals surface area contributed by atoms with E-state index in [4.69, 9.17) is 4.74 Å². The van der Waals surface area contributed by atoms with Gasteiger partial charge in [0.05, 0.1) is 13.7 Å². The van der Waals surface area contributed by atoms with Gasteiger partial charge in [-0.2, -0.15) is 0 Å². The van der Waals surface area contributed by atoms with Gasteiger partial charge in [0.15, 0.2) is 0 Å². The lowest BCUT2D eigenvalue weighted by atomic mass is 10.1. The highest BCUT2D eigenvalue weighted by atomic mass is 16.5. The molecule has 8 heteroatoms. The number of para-hydroxylation sites is 2. The molecule has 1 saturated heterocycles. The molecular weight excluding hydrogens is 408 g/mol. The zero-order valence-electron chi connectivity index (χ0n) is 17.9. The van der Waals surface area contributed by atoms with Crippen LogP contribution < -0.4 is 15.4 Å². The normalized spacial score (nSPS) is 15.8. The van der Waals surface area contributed by atoms with Crippen molar-refractivity contribution < 1.29 is 19.1 Å². The summed E-state index contributed by atoms with van der Waals surface area (Å²) in [6, 6.07) is 14.1. The number of fused-ring (bicyclic) bond motifs is 1. The van der Waals surface area contributed by atoms with Gasteiger partial charge >= 0.3 is 6.03 Å². The van der Waals surface area contributed by atoms with Crippen LogP contribution in [0.2, 0.25) is 0 Å². The molecule has 1 aromatic heterocycles. The Hall–Kier alpha value is -3.81. The van der Waals surface area contributed by atoms with Crippen molar-refractivity contribution in [1.82, 2.24) is 20.5 Å². The Balaban J connectivity index is 1.25. The van der Waals surface area contributed by atoms with Gasteiger partial charge in [-0.15, -0.1) is 0 Å². The summed E-state index contributed by atoms with van der Waals surface area (Å²) >= 11 is 0. The summed E-state index contributed by atoms with van der Waals surface area (Å²) in [5.41, 5.74) is 2.96. The van der Waals surface area contributed by atoms with Crippen molar-refractivity contribution in [3.05, 3.63) is 65.9 Å². The molecule has 0 bridgehead atoms. The molecule has 0 radical (unpaired) electrons. The fourth-order valence-electron chi connectivity index (χ4n) is 3.97. The van der Waals surface area contributed by atoms with E-state index in [0.29, 0.717) is 18.7 Å². The van der Waals surface area contributed by atoms with E-state index < -0.39 is 12.1 Å². The first-order valence-electron chi connectivity index (χ1n) is 10.6. The minimum absolute atomic E-state index is 0.127. The number of aromatic nitrogens is 1. The van der Waals surface area contributed by atoms with Crippen LogP contribution in [0.3, 0.4) is 0 Å². The topological polar surface area (TPSA) is 104 Å². The summed E-state index contributed by atoms with van der Waals surface area (Å²) in [6.45, 7) is 0.633. The van der Waals surface area contributed by atoms with Crippen LogP contribution in [-0.2, 0) is 22.6 Å². The first-order valence-corrected chi connectivity index (χ1v) is 10.6. The molecule has 32 heavy (non-hydrogen) atoms. The first kappa shape index (κ1) is 21.4. The van der Waals surface area contributed by atoms with E-state index >= 15 is 0 Å². The van der Waals surface area contributed by atoms with Crippen molar-refractivity contribution in [3.8, 4) is 5.75 Å². The molecule has 4 rings (SSSR count). The molecule has 2 aromatic carbocycles. The second-order valence-corrected chi connectivity index (χ2v) is 7.74. The highest BCUT2D eigenvalue weighted by molar-refractivity contribution is 6.04. The van der Waals surface area contributed by atoms with Crippen molar-refractivity contribution in [2.45, 2.75) is 31.8 Å². The Labute approximate surface area is 185 Å². The second kappa shape index (κ2) is 9.55. The van der Waals surface area contributed by atoms with Crippen LogP contribution in [0.1, 0.15) is 24.0 Å². The summed E-state index contributed by atoms with van der Waals surface area (Å²) in [7, 11) is 1.55. The number of aromatic amines is 1. The number of nitrogens with one attached hydrogen (secondary N) is 3. The SMILES string of the molecule is COc1ccccc1CN1C(=O)NC(CCC(=O)NCCc2c[nH]c3ccccc23)C1=O. The van der Waals surface area contributed by atoms with Crippen molar-refractivity contribution in [2.75, 3.05) is 13.7 Å². The number of ether oxygens (including phenoxy) is 1. The number of rotatable bonds is 9. The smallest absolute Gasteiger partial charge is 0.325 e. The third-order valence-corrected chi connectivity index (χ3v) is 5.68.